The first-order chi connectivity index (χ1) is 6.37. The Morgan fingerprint density at radius 1 is 1.29 bits per heavy atom. The zero-order chi connectivity index (χ0) is 11.2. The van der Waals surface area contributed by atoms with Gasteiger partial charge in [-0.2, -0.15) is 0 Å². The van der Waals surface area contributed by atoms with E-state index in [1.165, 1.54) is 0 Å². The van der Waals surface area contributed by atoms with Crippen LogP contribution >= 0.6 is 0 Å². The second-order valence-corrected chi connectivity index (χ2v) is 6.30. The number of aliphatic hydroxyl groups is 1. The van der Waals surface area contributed by atoms with Gasteiger partial charge in [-0.3, -0.25) is 0 Å². The molecule has 0 aromatic heterocycles. The van der Waals surface area contributed by atoms with Gasteiger partial charge in [0.25, 0.3) is 0 Å². The highest BCUT2D eigenvalue weighted by Gasteiger charge is 2.14. The quantitative estimate of drug-likeness (QED) is 0.639. The molecule has 0 fully saturated rings. The standard InChI is InChI=1S/C9H21NO3S/c1-4-14(12,13)7-9(11)6-10-5-8(2)3/h8-11H,4-7H2,1-3H3. The van der Waals surface area contributed by atoms with Gasteiger partial charge in [0.1, 0.15) is 0 Å². The molecule has 1 atom stereocenters. The van der Waals surface area contributed by atoms with Crippen LogP contribution in [-0.2, 0) is 9.84 Å². The van der Waals surface area contributed by atoms with Crippen LogP contribution in [0.2, 0.25) is 0 Å². The van der Waals surface area contributed by atoms with E-state index in [1.807, 2.05) is 0 Å². The predicted molar refractivity (Wildman–Crippen MR) is 58.0 cm³/mol. The SMILES string of the molecule is CCS(=O)(=O)CC(O)CNCC(C)C. The van der Waals surface area contributed by atoms with Crippen molar-refractivity contribution in [2.45, 2.75) is 26.9 Å². The summed E-state index contributed by atoms with van der Waals surface area (Å²) in [5.41, 5.74) is 0. The molecule has 0 aliphatic rings. The normalized spacial score (nSPS) is 14.6. The Bertz CT molecular complexity index is 236. The van der Waals surface area contributed by atoms with Crippen molar-refractivity contribution < 1.29 is 13.5 Å². The van der Waals surface area contributed by atoms with Crippen LogP contribution < -0.4 is 5.32 Å². The maximum atomic E-state index is 11.1. The van der Waals surface area contributed by atoms with E-state index in [9.17, 15) is 13.5 Å². The van der Waals surface area contributed by atoms with E-state index in [1.54, 1.807) is 6.92 Å². The lowest BCUT2D eigenvalue weighted by Gasteiger charge is -2.12. The molecule has 1 unspecified atom stereocenters. The van der Waals surface area contributed by atoms with Crippen molar-refractivity contribution in [3.8, 4) is 0 Å². The molecule has 0 heterocycles. The number of hydrogen-bond donors (Lipinski definition) is 2. The molecule has 2 N–H and O–H groups in total. The molecular formula is C9H21NO3S. The lowest BCUT2D eigenvalue weighted by atomic mass is 10.2. The van der Waals surface area contributed by atoms with E-state index >= 15 is 0 Å². The second-order valence-electron chi connectivity index (χ2n) is 3.90. The van der Waals surface area contributed by atoms with Crippen molar-refractivity contribution in [1.82, 2.24) is 5.32 Å². The molecule has 0 bridgehead atoms. The topological polar surface area (TPSA) is 66.4 Å². The molecule has 86 valence electrons. The molecule has 0 aromatic rings. The van der Waals surface area contributed by atoms with Crippen LogP contribution in [0.15, 0.2) is 0 Å². The second kappa shape index (κ2) is 6.37. The molecule has 4 nitrogen and oxygen atoms in total. The summed E-state index contributed by atoms with van der Waals surface area (Å²) in [7, 11) is -3.06. The first kappa shape index (κ1) is 13.9. The third-order valence-electron chi connectivity index (χ3n) is 1.82. The van der Waals surface area contributed by atoms with E-state index in [2.05, 4.69) is 19.2 Å². The van der Waals surface area contributed by atoms with Crippen molar-refractivity contribution in [3.05, 3.63) is 0 Å². The summed E-state index contributed by atoms with van der Waals surface area (Å²) in [5.74, 6) is 0.452. The lowest BCUT2D eigenvalue weighted by molar-refractivity contribution is 0.192. The lowest BCUT2D eigenvalue weighted by Crippen LogP contribution is -2.34. The fourth-order valence-corrected chi connectivity index (χ4v) is 1.95. The van der Waals surface area contributed by atoms with Crippen LogP contribution in [0.1, 0.15) is 20.8 Å². The Morgan fingerprint density at radius 2 is 1.86 bits per heavy atom. The summed E-state index contributed by atoms with van der Waals surface area (Å²) in [6.07, 6.45) is -0.793. The fraction of sp³-hybridized carbons (Fsp3) is 1.00. The first-order valence-corrected chi connectivity index (χ1v) is 6.78. The highest BCUT2D eigenvalue weighted by molar-refractivity contribution is 7.91. The van der Waals surface area contributed by atoms with Crippen molar-refractivity contribution in [2.24, 2.45) is 5.92 Å². The summed E-state index contributed by atoms with van der Waals surface area (Å²) in [5, 5.41) is 12.4. The monoisotopic (exact) mass is 223 g/mol. The van der Waals surface area contributed by atoms with Crippen molar-refractivity contribution >= 4 is 9.84 Å². The molecule has 5 heteroatoms. The van der Waals surface area contributed by atoms with Crippen LogP contribution in [0.4, 0.5) is 0 Å². The van der Waals surface area contributed by atoms with E-state index in [-0.39, 0.29) is 11.5 Å². The Kier molecular flexibility index (Phi) is 6.31. The van der Waals surface area contributed by atoms with Crippen LogP contribution in [0.25, 0.3) is 0 Å². The zero-order valence-electron chi connectivity index (χ0n) is 9.16. The van der Waals surface area contributed by atoms with E-state index in [0.717, 1.165) is 6.54 Å². The van der Waals surface area contributed by atoms with E-state index in [4.69, 9.17) is 0 Å². The minimum Gasteiger partial charge on any atom is -0.391 e. The van der Waals surface area contributed by atoms with Gasteiger partial charge in [-0.15, -0.1) is 0 Å². The van der Waals surface area contributed by atoms with E-state index < -0.39 is 15.9 Å². The Labute approximate surface area is 86.6 Å². The largest absolute Gasteiger partial charge is 0.391 e. The predicted octanol–water partition coefficient (Wildman–Crippen LogP) is 0.0276. The maximum Gasteiger partial charge on any atom is 0.152 e. The van der Waals surface area contributed by atoms with Crippen LogP contribution in [0.5, 0.6) is 0 Å². The third-order valence-corrected chi connectivity index (χ3v) is 3.59. The third kappa shape index (κ3) is 7.29. The smallest absolute Gasteiger partial charge is 0.152 e. The molecular weight excluding hydrogens is 202 g/mol. The molecule has 0 saturated heterocycles. The van der Waals surface area contributed by atoms with Crippen molar-refractivity contribution in [1.29, 1.82) is 0 Å². The van der Waals surface area contributed by atoms with Gasteiger partial charge in [-0.1, -0.05) is 20.8 Å². The van der Waals surface area contributed by atoms with Crippen molar-refractivity contribution in [3.63, 3.8) is 0 Å². The molecule has 0 aromatic carbocycles. The van der Waals surface area contributed by atoms with Crippen molar-refractivity contribution in [2.75, 3.05) is 24.6 Å². The number of aliphatic hydroxyl groups excluding tert-OH is 1. The summed E-state index contributed by atoms with van der Waals surface area (Å²) in [6.45, 7) is 6.84. The highest BCUT2D eigenvalue weighted by atomic mass is 32.2. The molecule has 0 rings (SSSR count). The van der Waals surface area contributed by atoms with E-state index in [0.29, 0.717) is 12.5 Å². The van der Waals surface area contributed by atoms with Gasteiger partial charge < -0.3 is 10.4 Å². The summed E-state index contributed by atoms with van der Waals surface area (Å²) < 4.78 is 22.2. The molecule has 0 aliphatic heterocycles. The Balaban J connectivity index is 3.71. The van der Waals surface area contributed by atoms with Gasteiger partial charge in [0.2, 0.25) is 0 Å². The average molecular weight is 223 g/mol. The summed E-state index contributed by atoms with van der Waals surface area (Å²) >= 11 is 0. The number of hydrogen-bond acceptors (Lipinski definition) is 4. The summed E-state index contributed by atoms with van der Waals surface area (Å²) in [4.78, 5) is 0. The van der Waals surface area contributed by atoms with Crippen LogP contribution in [0.3, 0.4) is 0 Å². The van der Waals surface area contributed by atoms with Gasteiger partial charge in [-0.25, -0.2) is 8.42 Å². The number of rotatable bonds is 7. The number of nitrogens with one attached hydrogen (secondary N) is 1. The highest BCUT2D eigenvalue weighted by Crippen LogP contribution is 1.94. The van der Waals surface area contributed by atoms with Gasteiger partial charge >= 0.3 is 0 Å². The number of sulfone groups is 1. The average Bonchev–Trinajstić information content (AvgIpc) is 2.02. The minimum atomic E-state index is -3.06. The van der Waals surface area contributed by atoms with Gasteiger partial charge in [0.15, 0.2) is 9.84 Å². The molecule has 0 saturated carbocycles. The Hall–Kier alpha value is -0.130. The molecule has 0 aliphatic carbocycles. The first-order valence-electron chi connectivity index (χ1n) is 4.96. The minimum absolute atomic E-state index is 0.0915. The van der Waals surface area contributed by atoms with Gasteiger partial charge in [0.05, 0.1) is 11.9 Å². The molecule has 0 spiro atoms. The van der Waals surface area contributed by atoms with Crippen LogP contribution in [0, 0.1) is 5.92 Å². The van der Waals surface area contributed by atoms with Gasteiger partial charge in [-0.05, 0) is 12.5 Å². The molecule has 0 amide bonds. The van der Waals surface area contributed by atoms with Gasteiger partial charge in [0, 0.05) is 12.3 Å². The summed E-state index contributed by atoms with van der Waals surface area (Å²) in [6, 6.07) is 0. The molecule has 14 heavy (non-hydrogen) atoms. The maximum absolute atomic E-state index is 11.1. The van der Waals surface area contributed by atoms with Crippen LogP contribution in [-0.4, -0.2) is 44.2 Å². The fourth-order valence-electron chi connectivity index (χ4n) is 1.01. The zero-order valence-corrected chi connectivity index (χ0v) is 9.97. The molecule has 0 radical (unpaired) electrons. The Morgan fingerprint density at radius 3 is 2.29 bits per heavy atom.